The number of anilines is 1. The van der Waals surface area contributed by atoms with Crippen molar-refractivity contribution in [2.75, 3.05) is 11.5 Å². The third-order valence-electron chi connectivity index (χ3n) is 5.75. The normalized spacial score (nSPS) is 14.9. The number of ether oxygens (including phenoxy) is 1. The molecule has 2 aromatic heterocycles. The number of hydrogen-bond donors (Lipinski definition) is 1. The number of pyridine rings is 1. The molecule has 0 saturated carbocycles. The van der Waals surface area contributed by atoms with Crippen LogP contribution in [0.25, 0.3) is 11.3 Å². The Morgan fingerprint density at radius 2 is 1.85 bits per heavy atom. The zero-order valence-corrected chi connectivity index (χ0v) is 18.3. The van der Waals surface area contributed by atoms with Crippen LogP contribution < -0.4 is 4.90 Å². The smallest absolute Gasteiger partial charge is 0.338 e. The molecule has 0 unspecified atom stereocenters. The van der Waals surface area contributed by atoms with Crippen LogP contribution in [0.1, 0.15) is 50.5 Å². The summed E-state index contributed by atoms with van der Waals surface area (Å²) in [5.74, 6) is -0.578. The van der Waals surface area contributed by atoms with Gasteiger partial charge in [0.1, 0.15) is 5.69 Å². The van der Waals surface area contributed by atoms with Gasteiger partial charge in [-0.05, 0) is 49.7 Å². The fourth-order valence-electron chi connectivity index (χ4n) is 4.17. The molecule has 0 bridgehead atoms. The van der Waals surface area contributed by atoms with Gasteiger partial charge in [0.05, 0.1) is 23.9 Å². The highest BCUT2D eigenvalue weighted by Crippen LogP contribution is 2.44. The topological polar surface area (TPSA) is 88.2 Å². The van der Waals surface area contributed by atoms with E-state index < -0.39 is 12.0 Å². The third-order valence-corrected chi connectivity index (χ3v) is 5.75. The van der Waals surface area contributed by atoms with Gasteiger partial charge in [0.2, 0.25) is 0 Å². The number of benzene rings is 2. The lowest BCUT2D eigenvalue weighted by Gasteiger charge is -2.26. The zero-order valence-electron chi connectivity index (χ0n) is 18.3. The molecule has 5 rings (SSSR count). The van der Waals surface area contributed by atoms with Crippen LogP contribution in [0, 0.1) is 6.92 Å². The van der Waals surface area contributed by atoms with E-state index in [9.17, 15) is 9.59 Å². The highest BCUT2D eigenvalue weighted by atomic mass is 16.5. The minimum Gasteiger partial charge on any atom is -0.462 e. The van der Waals surface area contributed by atoms with E-state index >= 15 is 0 Å². The molecule has 1 atom stereocenters. The first-order valence-corrected chi connectivity index (χ1v) is 10.7. The van der Waals surface area contributed by atoms with Gasteiger partial charge < -0.3 is 4.74 Å². The van der Waals surface area contributed by atoms with Crippen LogP contribution in [0.4, 0.5) is 5.69 Å². The van der Waals surface area contributed by atoms with Crippen molar-refractivity contribution in [1.29, 1.82) is 0 Å². The van der Waals surface area contributed by atoms with E-state index in [-0.39, 0.29) is 5.91 Å². The Morgan fingerprint density at radius 3 is 2.52 bits per heavy atom. The Balaban J connectivity index is 1.62. The van der Waals surface area contributed by atoms with E-state index in [2.05, 4.69) is 15.2 Å². The highest BCUT2D eigenvalue weighted by molar-refractivity contribution is 6.11. The molecule has 3 heterocycles. The molecular weight excluding hydrogens is 416 g/mol. The second kappa shape index (κ2) is 8.35. The Labute approximate surface area is 191 Å². The van der Waals surface area contributed by atoms with Crippen LogP contribution in [0.2, 0.25) is 0 Å². The fourth-order valence-corrected chi connectivity index (χ4v) is 4.17. The average Bonchev–Trinajstić information content (AvgIpc) is 3.39. The predicted molar refractivity (Wildman–Crippen MR) is 124 cm³/mol. The summed E-state index contributed by atoms with van der Waals surface area (Å²) in [6.45, 7) is 4.10. The number of H-pyrrole nitrogens is 1. The summed E-state index contributed by atoms with van der Waals surface area (Å²) < 4.78 is 5.08. The summed E-state index contributed by atoms with van der Waals surface area (Å²) in [6.07, 6.45) is 3.47. The van der Waals surface area contributed by atoms with Gasteiger partial charge in [-0.1, -0.05) is 35.9 Å². The van der Waals surface area contributed by atoms with Gasteiger partial charge in [-0.2, -0.15) is 5.10 Å². The molecule has 0 fully saturated rings. The van der Waals surface area contributed by atoms with Gasteiger partial charge in [0.25, 0.3) is 5.91 Å². The lowest BCUT2D eigenvalue weighted by molar-refractivity contribution is 0.0526. The van der Waals surface area contributed by atoms with Gasteiger partial charge in [0, 0.05) is 29.2 Å². The summed E-state index contributed by atoms with van der Waals surface area (Å²) in [5.41, 5.74) is 6.05. The highest BCUT2D eigenvalue weighted by Gasteiger charge is 2.43. The Hall–Kier alpha value is -4.26. The number of nitrogens with one attached hydrogen (secondary N) is 1. The maximum absolute atomic E-state index is 13.5. The van der Waals surface area contributed by atoms with Crippen molar-refractivity contribution in [2.45, 2.75) is 19.9 Å². The van der Waals surface area contributed by atoms with Crippen LogP contribution in [0.15, 0.2) is 73.1 Å². The molecule has 1 N–H and O–H groups in total. The number of hydrogen-bond acceptors (Lipinski definition) is 5. The number of carbonyl (C=O) groups is 2. The van der Waals surface area contributed by atoms with Crippen molar-refractivity contribution in [3.05, 3.63) is 101 Å². The van der Waals surface area contributed by atoms with Crippen molar-refractivity contribution in [3.63, 3.8) is 0 Å². The number of aromatic amines is 1. The lowest BCUT2D eigenvalue weighted by atomic mass is 9.96. The molecule has 33 heavy (non-hydrogen) atoms. The molecule has 0 spiro atoms. The molecule has 0 saturated heterocycles. The summed E-state index contributed by atoms with van der Waals surface area (Å²) >= 11 is 0. The SMILES string of the molecule is CCOC(=O)c1ccc(N2C(=O)c3[nH]nc(-c4ccc(C)cc4)c3[C@@H]2c2cccnc2)cc1. The van der Waals surface area contributed by atoms with E-state index in [1.807, 2.05) is 43.3 Å². The van der Waals surface area contributed by atoms with E-state index in [0.29, 0.717) is 23.6 Å². The van der Waals surface area contributed by atoms with Crippen LogP contribution in [-0.4, -0.2) is 33.7 Å². The van der Waals surface area contributed by atoms with Gasteiger partial charge in [-0.3, -0.25) is 19.8 Å². The van der Waals surface area contributed by atoms with Crippen LogP contribution in [0.5, 0.6) is 0 Å². The molecule has 0 aliphatic carbocycles. The molecule has 164 valence electrons. The Morgan fingerprint density at radius 1 is 1.09 bits per heavy atom. The number of rotatable bonds is 5. The molecule has 0 radical (unpaired) electrons. The van der Waals surface area contributed by atoms with E-state index in [1.54, 1.807) is 48.5 Å². The summed E-state index contributed by atoms with van der Waals surface area (Å²) in [6, 6.07) is 18.3. The number of esters is 1. The quantitative estimate of drug-likeness (QED) is 0.456. The van der Waals surface area contributed by atoms with Crippen LogP contribution in [-0.2, 0) is 4.74 Å². The van der Waals surface area contributed by atoms with E-state index in [0.717, 1.165) is 27.9 Å². The monoisotopic (exact) mass is 438 g/mol. The molecule has 1 amide bonds. The minimum absolute atomic E-state index is 0.186. The Bertz CT molecular complexity index is 1310. The third kappa shape index (κ3) is 3.57. The zero-order chi connectivity index (χ0) is 22.9. The fraction of sp³-hybridized carbons (Fsp3) is 0.154. The summed E-state index contributed by atoms with van der Waals surface area (Å²) in [5, 5.41) is 7.45. The second-order valence-corrected chi connectivity index (χ2v) is 7.86. The minimum atomic E-state index is -0.412. The Kier molecular flexibility index (Phi) is 5.22. The summed E-state index contributed by atoms with van der Waals surface area (Å²) in [7, 11) is 0. The second-order valence-electron chi connectivity index (χ2n) is 7.86. The van der Waals surface area contributed by atoms with Crippen molar-refractivity contribution in [3.8, 4) is 11.3 Å². The van der Waals surface area contributed by atoms with Crippen molar-refractivity contribution < 1.29 is 14.3 Å². The van der Waals surface area contributed by atoms with Crippen LogP contribution in [0.3, 0.4) is 0 Å². The molecular formula is C26H22N4O3. The van der Waals surface area contributed by atoms with Crippen LogP contribution >= 0.6 is 0 Å². The van der Waals surface area contributed by atoms with Crippen molar-refractivity contribution >= 4 is 17.6 Å². The van der Waals surface area contributed by atoms with Gasteiger partial charge in [0.15, 0.2) is 0 Å². The van der Waals surface area contributed by atoms with Gasteiger partial charge in [-0.15, -0.1) is 0 Å². The average molecular weight is 438 g/mol. The molecule has 1 aliphatic heterocycles. The molecule has 7 heteroatoms. The number of aryl methyl sites for hydroxylation is 1. The molecule has 1 aliphatic rings. The number of amides is 1. The predicted octanol–water partition coefficient (Wildman–Crippen LogP) is 4.71. The number of fused-ring (bicyclic) bond motifs is 1. The maximum atomic E-state index is 13.5. The summed E-state index contributed by atoms with van der Waals surface area (Å²) in [4.78, 5) is 31.6. The largest absolute Gasteiger partial charge is 0.462 e. The lowest BCUT2D eigenvalue weighted by Crippen LogP contribution is -2.29. The van der Waals surface area contributed by atoms with E-state index in [1.165, 1.54) is 0 Å². The van der Waals surface area contributed by atoms with Gasteiger partial charge >= 0.3 is 5.97 Å². The molecule has 4 aromatic rings. The van der Waals surface area contributed by atoms with Gasteiger partial charge in [-0.25, -0.2) is 4.79 Å². The van der Waals surface area contributed by atoms with Crippen molar-refractivity contribution in [1.82, 2.24) is 15.2 Å². The number of carbonyl (C=O) groups excluding carboxylic acids is 2. The maximum Gasteiger partial charge on any atom is 0.338 e. The standard InChI is InChI=1S/C26H22N4O3/c1-3-33-26(32)18-10-12-20(13-11-18)30-24(19-5-4-14-27-15-19)21-22(28-29-23(21)25(30)31)17-8-6-16(2)7-9-17/h4-15,24H,3H2,1-2H3,(H,28,29)/t24-/m0/s1. The first-order valence-electron chi connectivity index (χ1n) is 10.7. The van der Waals surface area contributed by atoms with Crippen molar-refractivity contribution in [2.24, 2.45) is 0 Å². The first-order chi connectivity index (χ1) is 16.1. The number of aromatic nitrogens is 3. The first kappa shape index (κ1) is 20.6. The number of nitrogens with zero attached hydrogens (tertiary/aromatic N) is 3. The molecule has 7 nitrogen and oxygen atoms in total. The molecule has 2 aromatic carbocycles. The van der Waals surface area contributed by atoms with E-state index in [4.69, 9.17) is 4.74 Å².